The molecule has 3 aromatic carbocycles. The van der Waals surface area contributed by atoms with Crippen molar-refractivity contribution in [1.82, 2.24) is 4.98 Å². The monoisotopic (exact) mass is 423 g/mol. The first kappa shape index (κ1) is 19.2. The number of nitrogens with zero attached hydrogens (tertiary/aromatic N) is 1. The van der Waals surface area contributed by atoms with E-state index in [9.17, 15) is 13.2 Å². The van der Waals surface area contributed by atoms with Crippen molar-refractivity contribution in [2.45, 2.75) is 12.8 Å². The van der Waals surface area contributed by atoms with E-state index in [1.54, 1.807) is 18.2 Å². The highest BCUT2D eigenvalue weighted by Gasteiger charge is 2.33. The van der Waals surface area contributed by atoms with Crippen LogP contribution in [0.4, 0.5) is 13.2 Å². The maximum atomic E-state index is 13.4. The second-order valence-corrected chi connectivity index (χ2v) is 7.06. The minimum absolute atomic E-state index is 0.0702. The van der Waals surface area contributed by atoms with Crippen molar-refractivity contribution in [1.29, 1.82) is 0 Å². The smallest absolute Gasteiger partial charge is 0.418 e. The van der Waals surface area contributed by atoms with Crippen molar-refractivity contribution < 1.29 is 27.4 Å². The normalized spacial score (nSPS) is 12.9. The highest BCUT2D eigenvalue weighted by molar-refractivity contribution is 5.96. The third kappa shape index (κ3) is 3.74. The Hall–Kier alpha value is -3.74. The maximum absolute atomic E-state index is 13.4. The van der Waals surface area contributed by atoms with Crippen LogP contribution in [0.5, 0.6) is 17.2 Å². The van der Waals surface area contributed by atoms with Crippen LogP contribution < -0.4 is 14.2 Å². The zero-order valence-electron chi connectivity index (χ0n) is 16.1. The molecule has 1 aliphatic heterocycles. The minimum Gasteiger partial charge on any atom is -0.489 e. The van der Waals surface area contributed by atoms with Crippen molar-refractivity contribution in [2.75, 3.05) is 6.79 Å². The zero-order valence-corrected chi connectivity index (χ0v) is 16.1. The molecule has 1 aliphatic rings. The Labute approximate surface area is 175 Å². The lowest BCUT2D eigenvalue weighted by Crippen LogP contribution is -2.06. The molecule has 0 unspecified atom stereocenters. The fourth-order valence-electron chi connectivity index (χ4n) is 3.61. The van der Waals surface area contributed by atoms with Crippen LogP contribution in [0.2, 0.25) is 0 Å². The summed E-state index contributed by atoms with van der Waals surface area (Å²) in [6.07, 6.45) is -3.08. The Balaban J connectivity index is 1.45. The number of para-hydroxylation sites is 1. The number of hydrogen-bond acceptors (Lipinski definition) is 4. The number of benzene rings is 3. The van der Waals surface area contributed by atoms with Crippen LogP contribution in [-0.2, 0) is 12.8 Å². The molecule has 0 radical (unpaired) electrons. The van der Waals surface area contributed by atoms with Crippen molar-refractivity contribution in [2.24, 2.45) is 0 Å². The maximum Gasteiger partial charge on any atom is 0.418 e. The summed E-state index contributed by atoms with van der Waals surface area (Å²) in [6.45, 7) is 0.521. The van der Waals surface area contributed by atoms with Gasteiger partial charge in [0.1, 0.15) is 12.4 Å². The van der Waals surface area contributed by atoms with Crippen LogP contribution >= 0.6 is 0 Å². The van der Waals surface area contributed by atoms with Gasteiger partial charge >= 0.3 is 6.18 Å². The summed E-state index contributed by atoms with van der Waals surface area (Å²) < 4.78 is 56.7. The van der Waals surface area contributed by atoms with E-state index in [0.717, 1.165) is 17.2 Å². The van der Waals surface area contributed by atoms with E-state index in [1.165, 1.54) is 12.3 Å². The van der Waals surface area contributed by atoms with Gasteiger partial charge < -0.3 is 14.2 Å². The summed E-state index contributed by atoms with van der Waals surface area (Å²) in [5, 5.41) is 0.435. The topological polar surface area (TPSA) is 40.6 Å². The number of alkyl halides is 3. The highest BCUT2D eigenvalue weighted by Crippen LogP contribution is 2.37. The molecule has 0 N–H and O–H groups in total. The van der Waals surface area contributed by atoms with Gasteiger partial charge in [0.25, 0.3) is 0 Å². The van der Waals surface area contributed by atoms with Gasteiger partial charge in [0.05, 0.1) is 11.1 Å². The Morgan fingerprint density at radius 3 is 2.61 bits per heavy atom. The molecule has 0 bridgehead atoms. The first-order chi connectivity index (χ1) is 15.0. The SMILES string of the molecule is FC(F)(F)c1cccc2c(-c3cccc(OCc4ccc5c(c4)OCO5)c3)ccnc12. The molecule has 0 aliphatic carbocycles. The third-order valence-electron chi connectivity index (χ3n) is 5.06. The largest absolute Gasteiger partial charge is 0.489 e. The van der Waals surface area contributed by atoms with Crippen LogP contribution in [0.1, 0.15) is 11.1 Å². The zero-order chi connectivity index (χ0) is 21.4. The first-order valence-corrected chi connectivity index (χ1v) is 9.56. The number of fused-ring (bicyclic) bond motifs is 2. The van der Waals surface area contributed by atoms with E-state index >= 15 is 0 Å². The van der Waals surface area contributed by atoms with Gasteiger partial charge in [-0.3, -0.25) is 4.98 Å². The van der Waals surface area contributed by atoms with Crippen LogP contribution in [0, 0.1) is 0 Å². The number of aromatic nitrogens is 1. The molecule has 2 heterocycles. The second kappa shape index (κ2) is 7.50. The van der Waals surface area contributed by atoms with Crippen molar-refractivity contribution in [3.8, 4) is 28.4 Å². The third-order valence-corrected chi connectivity index (χ3v) is 5.06. The molecular weight excluding hydrogens is 407 g/mol. The number of ether oxygens (including phenoxy) is 3. The fraction of sp³-hybridized carbons (Fsp3) is 0.125. The molecule has 4 nitrogen and oxygen atoms in total. The van der Waals surface area contributed by atoms with E-state index in [2.05, 4.69) is 4.98 Å². The molecule has 4 aromatic rings. The summed E-state index contributed by atoms with van der Waals surface area (Å²) in [5.41, 5.74) is 1.50. The van der Waals surface area contributed by atoms with E-state index < -0.39 is 11.7 Å². The summed E-state index contributed by atoms with van der Waals surface area (Å²) in [5.74, 6) is 1.99. The molecule has 0 saturated carbocycles. The first-order valence-electron chi connectivity index (χ1n) is 9.56. The average molecular weight is 423 g/mol. The van der Waals surface area contributed by atoms with Gasteiger partial charge in [-0.25, -0.2) is 0 Å². The lowest BCUT2D eigenvalue weighted by Gasteiger charge is -2.13. The van der Waals surface area contributed by atoms with E-state index in [-0.39, 0.29) is 12.3 Å². The number of pyridine rings is 1. The van der Waals surface area contributed by atoms with Gasteiger partial charge in [-0.05, 0) is 53.1 Å². The summed E-state index contributed by atoms with van der Waals surface area (Å²) >= 11 is 0. The predicted molar refractivity (Wildman–Crippen MR) is 109 cm³/mol. The van der Waals surface area contributed by atoms with Crippen LogP contribution in [0.3, 0.4) is 0 Å². The van der Waals surface area contributed by atoms with Crippen LogP contribution in [0.25, 0.3) is 22.0 Å². The molecule has 7 heteroatoms. The molecule has 0 atom stereocenters. The van der Waals surface area contributed by atoms with Gasteiger partial charge in [0.2, 0.25) is 6.79 Å². The molecule has 0 saturated heterocycles. The lowest BCUT2D eigenvalue weighted by molar-refractivity contribution is -0.136. The van der Waals surface area contributed by atoms with E-state index in [4.69, 9.17) is 14.2 Å². The lowest BCUT2D eigenvalue weighted by atomic mass is 9.99. The van der Waals surface area contributed by atoms with E-state index in [1.807, 2.05) is 36.4 Å². The quantitative estimate of drug-likeness (QED) is 0.390. The number of halogens is 3. The summed E-state index contributed by atoms with van der Waals surface area (Å²) in [7, 11) is 0. The molecule has 0 spiro atoms. The second-order valence-electron chi connectivity index (χ2n) is 7.06. The van der Waals surface area contributed by atoms with Crippen molar-refractivity contribution in [3.05, 3.63) is 84.1 Å². The molecule has 5 rings (SSSR count). The molecule has 1 aromatic heterocycles. The fourth-order valence-corrected chi connectivity index (χ4v) is 3.61. The van der Waals surface area contributed by atoms with Gasteiger partial charge in [0, 0.05) is 11.6 Å². The van der Waals surface area contributed by atoms with Crippen LogP contribution in [-0.4, -0.2) is 11.8 Å². The summed E-state index contributed by atoms with van der Waals surface area (Å²) in [6, 6.07) is 18.6. The molecule has 0 fully saturated rings. The molecule has 156 valence electrons. The van der Waals surface area contributed by atoms with Gasteiger partial charge in [0.15, 0.2) is 11.5 Å². The Morgan fingerprint density at radius 2 is 1.74 bits per heavy atom. The Kier molecular flexibility index (Phi) is 4.66. The standard InChI is InChI=1S/C24H16F3NO3/c25-24(26,27)20-6-2-5-19-18(9-10-28-23(19)20)16-3-1-4-17(12-16)29-13-15-7-8-21-22(11-15)31-14-30-21/h1-12H,13-14H2. The van der Waals surface area contributed by atoms with Gasteiger partial charge in [-0.2, -0.15) is 13.2 Å². The number of hydrogen-bond donors (Lipinski definition) is 0. The summed E-state index contributed by atoms with van der Waals surface area (Å²) in [4.78, 5) is 3.99. The Bertz CT molecular complexity index is 1270. The highest BCUT2D eigenvalue weighted by atomic mass is 19.4. The molecule has 31 heavy (non-hydrogen) atoms. The molecular formula is C24H16F3NO3. The predicted octanol–water partition coefficient (Wildman–Crippen LogP) is 6.23. The Morgan fingerprint density at radius 1 is 0.903 bits per heavy atom. The van der Waals surface area contributed by atoms with Gasteiger partial charge in [-0.1, -0.05) is 30.3 Å². The molecule has 0 amide bonds. The van der Waals surface area contributed by atoms with Crippen LogP contribution in [0.15, 0.2) is 72.9 Å². The minimum atomic E-state index is -4.47. The van der Waals surface area contributed by atoms with E-state index in [0.29, 0.717) is 34.8 Å². The number of rotatable bonds is 4. The van der Waals surface area contributed by atoms with Gasteiger partial charge in [-0.15, -0.1) is 0 Å². The van der Waals surface area contributed by atoms with Crippen molar-refractivity contribution in [3.63, 3.8) is 0 Å². The van der Waals surface area contributed by atoms with Crippen molar-refractivity contribution >= 4 is 10.9 Å². The average Bonchev–Trinajstić information content (AvgIpc) is 3.24.